The molecule has 1 amide bonds. The molecular formula is C19H25ClN2O. The van der Waals surface area contributed by atoms with Crippen LogP contribution in [0.25, 0.3) is 0 Å². The molecule has 0 radical (unpaired) electrons. The van der Waals surface area contributed by atoms with Gasteiger partial charge in [0.05, 0.1) is 6.04 Å². The fraction of sp³-hybridized carbons (Fsp3) is 0.316. The predicted octanol–water partition coefficient (Wildman–Crippen LogP) is 3.21. The molecule has 0 aliphatic heterocycles. The minimum atomic E-state index is -0.507. The molecule has 0 heterocycles. The first kappa shape index (κ1) is 19.2. The van der Waals surface area contributed by atoms with Crippen molar-refractivity contribution in [3.8, 4) is 0 Å². The summed E-state index contributed by atoms with van der Waals surface area (Å²) in [5, 5.41) is 2.95. The lowest BCUT2D eigenvalue weighted by Gasteiger charge is -2.16. The van der Waals surface area contributed by atoms with Crippen LogP contribution in [0.4, 0.5) is 0 Å². The predicted molar refractivity (Wildman–Crippen MR) is 98.0 cm³/mol. The van der Waals surface area contributed by atoms with E-state index in [9.17, 15) is 4.79 Å². The molecule has 23 heavy (non-hydrogen) atoms. The van der Waals surface area contributed by atoms with Gasteiger partial charge in [0.15, 0.2) is 0 Å². The van der Waals surface area contributed by atoms with E-state index in [4.69, 9.17) is 5.73 Å². The number of aryl methyl sites for hydroxylation is 1. The molecule has 0 aliphatic rings. The molecule has 3 nitrogen and oxygen atoms in total. The molecule has 3 N–H and O–H groups in total. The second kappa shape index (κ2) is 9.33. The minimum absolute atomic E-state index is 0. The number of rotatable bonds is 6. The molecule has 0 spiro atoms. The largest absolute Gasteiger partial charge is 0.354 e. The summed E-state index contributed by atoms with van der Waals surface area (Å²) in [5.41, 5.74) is 9.53. The molecule has 0 saturated carbocycles. The number of nitrogens with two attached hydrogens (primary N) is 1. The number of carbonyl (C=O) groups is 1. The van der Waals surface area contributed by atoms with Crippen LogP contribution in [0.1, 0.15) is 29.5 Å². The van der Waals surface area contributed by atoms with Crippen molar-refractivity contribution in [2.75, 3.05) is 6.54 Å². The summed E-state index contributed by atoms with van der Waals surface area (Å²) in [4.78, 5) is 12.1. The van der Waals surface area contributed by atoms with Crippen LogP contribution in [0, 0.1) is 6.92 Å². The maximum absolute atomic E-state index is 12.1. The van der Waals surface area contributed by atoms with Crippen molar-refractivity contribution in [1.29, 1.82) is 0 Å². The molecule has 2 rings (SSSR count). The number of carbonyl (C=O) groups excluding carboxylic acids is 1. The highest BCUT2D eigenvalue weighted by Gasteiger charge is 2.15. The van der Waals surface area contributed by atoms with E-state index in [-0.39, 0.29) is 24.2 Å². The van der Waals surface area contributed by atoms with Crippen LogP contribution < -0.4 is 11.1 Å². The van der Waals surface area contributed by atoms with E-state index >= 15 is 0 Å². The molecule has 0 fully saturated rings. The summed E-state index contributed by atoms with van der Waals surface area (Å²) in [6, 6.07) is 17.7. The number of nitrogens with one attached hydrogen (secondary N) is 1. The number of halogens is 1. The van der Waals surface area contributed by atoms with Crippen molar-refractivity contribution in [2.24, 2.45) is 5.73 Å². The Kier molecular flexibility index (Phi) is 7.79. The lowest BCUT2D eigenvalue weighted by molar-refractivity contribution is -0.122. The summed E-state index contributed by atoms with van der Waals surface area (Å²) in [7, 11) is 0. The van der Waals surface area contributed by atoms with Gasteiger partial charge in [-0.25, -0.2) is 0 Å². The Morgan fingerprint density at radius 3 is 2.30 bits per heavy atom. The van der Waals surface area contributed by atoms with Gasteiger partial charge in [-0.2, -0.15) is 0 Å². The van der Waals surface area contributed by atoms with Crippen molar-refractivity contribution < 1.29 is 4.79 Å². The van der Waals surface area contributed by atoms with E-state index in [2.05, 4.69) is 43.4 Å². The van der Waals surface area contributed by atoms with Crippen molar-refractivity contribution in [1.82, 2.24) is 5.32 Å². The lowest BCUT2D eigenvalue weighted by Crippen LogP contribution is -2.43. The summed E-state index contributed by atoms with van der Waals surface area (Å²) in [6.45, 7) is 4.77. The molecule has 124 valence electrons. The molecule has 2 aromatic rings. The third kappa shape index (κ3) is 6.05. The van der Waals surface area contributed by atoms with Crippen LogP contribution in [-0.2, 0) is 11.2 Å². The Labute approximate surface area is 144 Å². The van der Waals surface area contributed by atoms with Gasteiger partial charge >= 0.3 is 0 Å². The van der Waals surface area contributed by atoms with E-state index in [1.165, 1.54) is 11.1 Å². The normalized spacial score (nSPS) is 12.8. The fourth-order valence-electron chi connectivity index (χ4n) is 2.36. The topological polar surface area (TPSA) is 55.1 Å². The van der Waals surface area contributed by atoms with Crippen LogP contribution >= 0.6 is 12.4 Å². The van der Waals surface area contributed by atoms with Crippen LogP contribution in [0.15, 0.2) is 54.6 Å². The van der Waals surface area contributed by atoms with Gasteiger partial charge in [-0.05, 0) is 30.4 Å². The monoisotopic (exact) mass is 332 g/mol. The van der Waals surface area contributed by atoms with E-state index in [0.29, 0.717) is 13.0 Å². The minimum Gasteiger partial charge on any atom is -0.354 e. The Hall–Kier alpha value is -1.84. The molecular weight excluding hydrogens is 308 g/mol. The first-order valence-electron chi connectivity index (χ1n) is 7.70. The average molecular weight is 333 g/mol. The maximum Gasteiger partial charge on any atom is 0.237 e. The highest BCUT2D eigenvalue weighted by Crippen LogP contribution is 2.14. The second-order valence-electron chi connectivity index (χ2n) is 5.85. The zero-order valence-electron chi connectivity index (χ0n) is 13.7. The first-order chi connectivity index (χ1) is 10.6. The third-order valence-corrected chi connectivity index (χ3v) is 3.86. The molecule has 0 saturated heterocycles. The molecule has 0 aliphatic carbocycles. The van der Waals surface area contributed by atoms with Gasteiger partial charge in [0, 0.05) is 6.54 Å². The SMILES string of the molecule is Cc1ccc(C(C)CNC(=O)[C@@H](N)Cc2ccccc2)cc1.Cl. The van der Waals surface area contributed by atoms with Crippen LogP contribution in [0.2, 0.25) is 0 Å². The zero-order valence-corrected chi connectivity index (χ0v) is 14.5. The fourth-order valence-corrected chi connectivity index (χ4v) is 2.36. The van der Waals surface area contributed by atoms with E-state index in [1.54, 1.807) is 0 Å². The van der Waals surface area contributed by atoms with Crippen molar-refractivity contribution in [2.45, 2.75) is 32.2 Å². The highest BCUT2D eigenvalue weighted by molar-refractivity contribution is 5.85. The summed E-state index contributed by atoms with van der Waals surface area (Å²) in [5.74, 6) is 0.177. The molecule has 2 atom stereocenters. The quantitative estimate of drug-likeness (QED) is 0.853. The zero-order chi connectivity index (χ0) is 15.9. The van der Waals surface area contributed by atoms with Crippen molar-refractivity contribution in [3.05, 3.63) is 71.3 Å². The Morgan fingerprint density at radius 2 is 1.70 bits per heavy atom. The van der Waals surface area contributed by atoms with E-state index in [0.717, 1.165) is 5.56 Å². The van der Waals surface area contributed by atoms with Gasteiger partial charge in [-0.1, -0.05) is 67.1 Å². The summed E-state index contributed by atoms with van der Waals surface area (Å²) >= 11 is 0. The first-order valence-corrected chi connectivity index (χ1v) is 7.70. The van der Waals surface area contributed by atoms with Gasteiger partial charge in [0.25, 0.3) is 0 Å². The molecule has 0 aromatic heterocycles. The molecule has 1 unspecified atom stereocenters. The Morgan fingerprint density at radius 1 is 1.09 bits per heavy atom. The Balaban J connectivity index is 0.00000264. The van der Waals surface area contributed by atoms with Crippen LogP contribution in [-0.4, -0.2) is 18.5 Å². The lowest BCUT2D eigenvalue weighted by atomic mass is 9.99. The standard InChI is InChI=1S/C19H24N2O.ClH/c1-14-8-10-17(11-9-14)15(2)13-21-19(22)18(20)12-16-6-4-3-5-7-16;/h3-11,15,18H,12-13,20H2,1-2H3,(H,21,22);1H/t15?,18-;/m0./s1. The van der Waals surface area contributed by atoms with E-state index < -0.39 is 6.04 Å². The maximum atomic E-state index is 12.1. The Bertz CT molecular complexity index is 599. The van der Waals surface area contributed by atoms with Gasteiger partial charge in [0.1, 0.15) is 0 Å². The highest BCUT2D eigenvalue weighted by atomic mass is 35.5. The second-order valence-corrected chi connectivity index (χ2v) is 5.85. The number of amides is 1. The van der Waals surface area contributed by atoms with E-state index in [1.807, 2.05) is 30.3 Å². The number of benzene rings is 2. The molecule has 0 bridgehead atoms. The summed E-state index contributed by atoms with van der Waals surface area (Å²) in [6.07, 6.45) is 0.561. The van der Waals surface area contributed by atoms with Gasteiger partial charge in [0.2, 0.25) is 5.91 Å². The number of hydrogen-bond donors (Lipinski definition) is 2. The third-order valence-electron chi connectivity index (χ3n) is 3.86. The summed E-state index contributed by atoms with van der Waals surface area (Å²) < 4.78 is 0. The van der Waals surface area contributed by atoms with Crippen LogP contribution in [0.5, 0.6) is 0 Å². The van der Waals surface area contributed by atoms with Crippen molar-refractivity contribution in [3.63, 3.8) is 0 Å². The van der Waals surface area contributed by atoms with Gasteiger partial charge < -0.3 is 11.1 Å². The average Bonchev–Trinajstić information content (AvgIpc) is 2.53. The molecule has 2 aromatic carbocycles. The van der Waals surface area contributed by atoms with Crippen molar-refractivity contribution >= 4 is 18.3 Å². The molecule has 4 heteroatoms. The van der Waals surface area contributed by atoms with Gasteiger partial charge in [-0.3, -0.25) is 4.79 Å². The van der Waals surface area contributed by atoms with Gasteiger partial charge in [-0.15, -0.1) is 12.4 Å². The van der Waals surface area contributed by atoms with Crippen LogP contribution in [0.3, 0.4) is 0 Å². The number of hydrogen-bond acceptors (Lipinski definition) is 2. The smallest absolute Gasteiger partial charge is 0.237 e.